The summed E-state index contributed by atoms with van der Waals surface area (Å²) in [6.07, 6.45) is 0.114. The Morgan fingerprint density at radius 3 is 2.88 bits per heavy atom. The van der Waals surface area contributed by atoms with E-state index in [1.807, 2.05) is 0 Å². The van der Waals surface area contributed by atoms with Crippen LogP contribution in [0.1, 0.15) is 15.9 Å². The molecule has 1 amide bonds. The number of likely N-dealkylation sites (N-methyl/N-ethyl adjacent to an activating group) is 1. The van der Waals surface area contributed by atoms with Crippen LogP contribution in [-0.4, -0.2) is 79.8 Å². The van der Waals surface area contributed by atoms with Crippen molar-refractivity contribution in [3.8, 4) is 5.75 Å². The SMILES string of the molecule is CN1CCN(C[C@H](O)CNC(=O)c2ccc(N)c3c2CCO3)CC1. The first-order valence-electron chi connectivity index (χ1n) is 8.46. The summed E-state index contributed by atoms with van der Waals surface area (Å²) < 4.78 is 5.49. The molecule has 0 radical (unpaired) electrons. The third kappa shape index (κ3) is 3.80. The van der Waals surface area contributed by atoms with E-state index in [2.05, 4.69) is 22.2 Å². The van der Waals surface area contributed by atoms with Gasteiger partial charge in [-0.1, -0.05) is 0 Å². The molecule has 132 valence electrons. The number of aliphatic hydroxyl groups excluding tert-OH is 1. The van der Waals surface area contributed by atoms with Gasteiger partial charge in [-0.05, 0) is 19.2 Å². The van der Waals surface area contributed by atoms with Crippen LogP contribution in [0.25, 0.3) is 0 Å². The average molecular weight is 334 g/mol. The normalized spacial score (nSPS) is 19.6. The number of benzene rings is 1. The number of nitrogens with two attached hydrogens (primary N) is 1. The van der Waals surface area contributed by atoms with Crippen LogP contribution in [0.5, 0.6) is 5.75 Å². The van der Waals surface area contributed by atoms with Crippen LogP contribution in [0.2, 0.25) is 0 Å². The molecule has 0 unspecified atom stereocenters. The van der Waals surface area contributed by atoms with Gasteiger partial charge in [-0.2, -0.15) is 0 Å². The van der Waals surface area contributed by atoms with Crippen molar-refractivity contribution in [2.45, 2.75) is 12.5 Å². The largest absolute Gasteiger partial charge is 0.491 e. The van der Waals surface area contributed by atoms with Gasteiger partial charge in [0.2, 0.25) is 0 Å². The summed E-state index contributed by atoms with van der Waals surface area (Å²) in [5.41, 5.74) is 7.88. The molecule has 1 fully saturated rings. The molecule has 0 saturated carbocycles. The van der Waals surface area contributed by atoms with E-state index in [-0.39, 0.29) is 12.5 Å². The van der Waals surface area contributed by atoms with E-state index in [4.69, 9.17) is 10.5 Å². The summed E-state index contributed by atoms with van der Waals surface area (Å²) >= 11 is 0. The van der Waals surface area contributed by atoms with Gasteiger partial charge < -0.3 is 25.8 Å². The van der Waals surface area contributed by atoms with Crippen LogP contribution in [0.4, 0.5) is 5.69 Å². The highest BCUT2D eigenvalue weighted by atomic mass is 16.5. The third-order valence-corrected chi connectivity index (χ3v) is 4.70. The summed E-state index contributed by atoms with van der Waals surface area (Å²) in [6, 6.07) is 3.42. The number of rotatable bonds is 5. The minimum absolute atomic E-state index is 0.186. The average Bonchev–Trinajstić information content (AvgIpc) is 3.06. The number of hydrogen-bond donors (Lipinski definition) is 3. The second kappa shape index (κ2) is 7.38. The smallest absolute Gasteiger partial charge is 0.251 e. The number of carbonyl (C=O) groups excluding carboxylic acids is 1. The van der Waals surface area contributed by atoms with Gasteiger partial charge in [-0.25, -0.2) is 0 Å². The number of ether oxygens (including phenoxy) is 1. The van der Waals surface area contributed by atoms with Crippen LogP contribution in [0.15, 0.2) is 12.1 Å². The second-order valence-corrected chi connectivity index (χ2v) is 6.58. The van der Waals surface area contributed by atoms with E-state index in [1.54, 1.807) is 12.1 Å². The van der Waals surface area contributed by atoms with Crippen molar-refractivity contribution in [1.29, 1.82) is 0 Å². The highest BCUT2D eigenvalue weighted by Gasteiger charge is 2.23. The van der Waals surface area contributed by atoms with Crippen LogP contribution in [0, 0.1) is 0 Å². The molecule has 1 atom stereocenters. The second-order valence-electron chi connectivity index (χ2n) is 6.58. The molecule has 2 aliphatic rings. The quantitative estimate of drug-likeness (QED) is 0.632. The van der Waals surface area contributed by atoms with Crippen molar-refractivity contribution in [3.63, 3.8) is 0 Å². The topological polar surface area (TPSA) is 91.1 Å². The van der Waals surface area contributed by atoms with Crippen molar-refractivity contribution in [2.24, 2.45) is 0 Å². The summed E-state index contributed by atoms with van der Waals surface area (Å²) in [6.45, 7) is 5.29. The zero-order valence-corrected chi connectivity index (χ0v) is 14.1. The van der Waals surface area contributed by atoms with E-state index in [9.17, 15) is 9.90 Å². The first-order chi connectivity index (χ1) is 11.5. The van der Waals surface area contributed by atoms with E-state index in [0.717, 1.165) is 31.7 Å². The molecule has 3 rings (SSSR count). The Kier molecular flexibility index (Phi) is 5.23. The number of carbonyl (C=O) groups is 1. The van der Waals surface area contributed by atoms with Gasteiger partial charge in [0.15, 0.2) is 0 Å². The molecule has 0 spiro atoms. The number of piperazine rings is 1. The maximum absolute atomic E-state index is 12.4. The van der Waals surface area contributed by atoms with Gasteiger partial charge in [-0.3, -0.25) is 9.69 Å². The molecule has 1 aromatic carbocycles. The summed E-state index contributed by atoms with van der Waals surface area (Å²) in [5, 5.41) is 13.0. The lowest BCUT2D eigenvalue weighted by molar-refractivity contribution is 0.0737. The van der Waals surface area contributed by atoms with E-state index in [0.29, 0.717) is 36.6 Å². The first kappa shape index (κ1) is 17.0. The lowest BCUT2D eigenvalue weighted by Crippen LogP contribution is -2.48. The molecule has 1 saturated heterocycles. The number of β-amino-alcohol motifs (C(OH)–C–C–N with tert-alkyl or cyclic N) is 1. The Morgan fingerprint density at radius 1 is 1.38 bits per heavy atom. The summed E-state index contributed by atoms with van der Waals surface area (Å²) in [4.78, 5) is 16.9. The molecule has 1 aromatic rings. The maximum Gasteiger partial charge on any atom is 0.251 e. The van der Waals surface area contributed by atoms with Crippen LogP contribution in [0.3, 0.4) is 0 Å². The summed E-state index contributed by atoms with van der Waals surface area (Å²) in [5.74, 6) is 0.440. The van der Waals surface area contributed by atoms with Crippen molar-refractivity contribution < 1.29 is 14.6 Å². The van der Waals surface area contributed by atoms with Gasteiger partial charge in [0, 0.05) is 56.8 Å². The molecular weight excluding hydrogens is 308 g/mol. The number of nitrogens with one attached hydrogen (secondary N) is 1. The zero-order valence-electron chi connectivity index (χ0n) is 14.1. The number of amides is 1. The maximum atomic E-state index is 12.4. The molecule has 0 aromatic heterocycles. The van der Waals surface area contributed by atoms with Gasteiger partial charge >= 0.3 is 0 Å². The van der Waals surface area contributed by atoms with Crippen LogP contribution in [-0.2, 0) is 6.42 Å². The minimum atomic E-state index is -0.574. The standard InChI is InChI=1S/C17H26N4O3/c1-20-5-7-21(8-6-20)11-12(22)10-19-17(23)14-2-3-15(18)16-13(14)4-9-24-16/h2-3,12,22H,4-11,18H2,1H3,(H,19,23)/t12-/m1/s1. The molecule has 2 aliphatic heterocycles. The van der Waals surface area contributed by atoms with E-state index < -0.39 is 6.10 Å². The Labute approximate surface area is 142 Å². The molecule has 0 bridgehead atoms. The predicted molar refractivity (Wildman–Crippen MR) is 92.3 cm³/mol. The number of fused-ring (bicyclic) bond motifs is 1. The van der Waals surface area contributed by atoms with Crippen LogP contribution >= 0.6 is 0 Å². The minimum Gasteiger partial charge on any atom is -0.491 e. The first-order valence-corrected chi connectivity index (χ1v) is 8.46. The number of nitrogen functional groups attached to an aromatic ring is 1. The molecule has 7 heteroatoms. The van der Waals surface area contributed by atoms with Gasteiger partial charge in [0.05, 0.1) is 18.4 Å². The van der Waals surface area contributed by atoms with Gasteiger partial charge in [0.25, 0.3) is 5.91 Å². The molecule has 7 nitrogen and oxygen atoms in total. The van der Waals surface area contributed by atoms with Gasteiger partial charge in [-0.15, -0.1) is 0 Å². The summed E-state index contributed by atoms with van der Waals surface area (Å²) in [7, 11) is 2.10. The third-order valence-electron chi connectivity index (χ3n) is 4.70. The van der Waals surface area contributed by atoms with Crippen molar-refractivity contribution in [2.75, 3.05) is 58.7 Å². The van der Waals surface area contributed by atoms with Crippen molar-refractivity contribution in [1.82, 2.24) is 15.1 Å². The molecule has 4 N–H and O–H groups in total. The molecule has 24 heavy (non-hydrogen) atoms. The van der Waals surface area contributed by atoms with Crippen molar-refractivity contribution >= 4 is 11.6 Å². The Hall–Kier alpha value is -1.83. The molecular formula is C17H26N4O3. The lowest BCUT2D eigenvalue weighted by Gasteiger charge is -2.33. The lowest BCUT2D eigenvalue weighted by atomic mass is 10.0. The Morgan fingerprint density at radius 2 is 2.12 bits per heavy atom. The molecule has 2 heterocycles. The zero-order chi connectivity index (χ0) is 17.1. The van der Waals surface area contributed by atoms with E-state index in [1.165, 1.54) is 0 Å². The predicted octanol–water partition coefficient (Wildman–Crippen LogP) is -0.458. The fourth-order valence-corrected chi connectivity index (χ4v) is 3.23. The highest BCUT2D eigenvalue weighted by molar-refractivity contribution is 5.97. The van der Waals surface area contributed by atoms with Crippen LogP contribution < -0.4 is 15.8 Å². The number of anilines is 1. The number of aliphatic hydroxyl groups is 1. The monoisotopic (exact) mass is 334 g/mol. The van der Waals surface area contributed by atoms with E-state index >= 15 is 0 Å². The Bertz CT molecular complexity index is 600. The van der Waals surface area contributed by atoms with Crippen molar-refractivity contribution in [3.05, 3.63) is 23.3 Å². The highest BCUT2D eigenvalue weighted by Crippen LogP contribution is 2.34. The fraction of sp³-hybridized carbons (Fsp3) is 0.588. The van der Waals surface area contributed by atoms with Gasteiger partial charge in [0.1, 0.15) is 5.75 Å². The Balaban J connectivity index is 1.52. The number of hydrogen-bond acceptors (Lipinski definition) is 6. The number of nitrogens with zero attached hydrogens (tertiary/aromatic N) is 2. The fourth-order valence-electron chi connectivity index (χ4n) is 3.23. The molecule has 0 aliphatic carbocycles.